The van der Waals surface area contributed by atoms with Crippen molar-refractivity contribution in [3.8, 4) is 0 Å². The molecule has 5 nitrogen and oxygen atoms in total. The first-order valence-electron chi connectivity index (χ1n) is 8.16. The number of anilines is 1. The summed E-state index contributed by atoms with van der Waals surface area (Å²) in [5.41, 5.74) is 0.821. The lowest BCUT2D eigenvalue weighted by Gasteiger charge is -2.17. The van der Waals surface area contributed by atoms with Crippen LogP contribution in [0.5, 0.6) is 0 Å². The fourth-order valence-corrected chi connectivity index (χ4v) is 4.40. The quantitative estimate of drug-likeness (QED) is 0.885. The first kappa shape index (κ1) is 18.5. The summed E-state index contributed by atoms with van der Waals surface area (Å²) in [5, 5.41) is 2.46. The third-order valence-corrected chi connectivity index (χ3v) is 6.23. The molecule has 26 heavy (non-hydrogen) atoms. The molecule has 0 aromatic heterocycles. The summed E-state index contributed by atoms with van der Waals surface area (Å²) < 4.78 is 53.0. The van der Waals surface area contributed by atoms with Crippen LogP contribution in [0.1, 0.15) is 28.8 Å². The summed E-state index contributed by atoms with van der Waals surface area (Å²) >= 11 is 0. The van der Waals surface area contributed by atoms with Gasteiger partial charge in [-0.15, -0.1) is 0 Å². The zero-order valence-corrected chi connectivity index (χ0v) is 14.9. The minimum atomic E-state index is -3.65. The Morgan fingerprint density at radius 2 is 1.73 bits per heavy atom. The van der Waals surface area contributed by atoms with Gasteiger partial charge in [-0.1, -0.05) is 6.07 Å². The zero-order valence-electron chi connectivity index (χ0n) is 14.1. The lowest BCUT2D eigenvalue weighted by Crippen LogP contribution is -2.28. The Bertz CT molecular complexity index is 955. The van der Waals surface area contributed by atoms with Gasteiger partial charge in [0.1, 0.15) is 0 Å². The van der Waals surface area contributed by atoms with Gasteiger partial charge in [-0.25, -0.2) is 17.2 Å². The van der Waals surface area contributed by atoms with Gasteiger partial charge < -0.3 is 5.32 Å². The number of hydrogen-bond acceptors (Lipinski definition) is 3. The van der Waals surface area contributed by atoms with E-state index in [0.717, 1.165) is 25.0 Å². The number of nitrogens with zero attached hydrogens (tertiary/aromatic N) is 1. The molecule has 1 aliphatic heterocycles. The largest absolute Gasteiger partial charge is 0.322 e. The lowest BCUT2D eigenvalue weighted by atomic mass is 10.1. The van der Waals surface area contributed by atoms with Gasteiger partial charge in [0.25, 0.3) is 5.91 Å². The molecule has 1 aliphatic rings. The molecule has 1 amide bonds. The van der Waals surface area contributed by atoms with Crippen molar-refractivity contribution in [1.29, 1.82) is 0 Å². The van der Waals surface area contributed by atoms with E-state index in [9.17, 15) is 22.0 Å². The highest BCUT2D eigenvalue weighted by Gasteiger charge is 2.28. The number of benzene rings is 2. The molecule has 8 heteroatoms. The van der Waals surface area contributed by atoms with Crippen molar-refractivity contribution in [1.82, 2.24) is 4.31 Å². The summed E-state index contributed by atoms with van der Waals surface area (Å²) in [6, 6.07) is 7.36. The number of halogens is 2. The molecule has 0 aliphatic carbocycles. The first-order chi connectivity index (χ1) is 12.3. The smallest absolute Gasteiger partial charge is 0.255 e. The highest BCUT2D eigenvalue weighted by atomic mass is 32.2. The van der Waals surface area contributed by atoms with Gasteiger partial charge >= 0.3 is 0 Å². The molecule has 0 unspecified atom stereocenters. The molecule has 0 spiro atoms. The summed E-state index contributed by atoms with van der Waals surface area (Å²) in [6.45, 7) is 2.60. The van der Waals surface area contributed by atoms with Crippen LogP contribution in [0.2, 0.25) is 0 Å². The van der Waals surface area contributed by atoms with E-state index in [1.54, 1.807) is 13.0 Å². The van der Waals surface area contributed by atoms with Crippen molar-refractivity contribution in [2.75, 3.05) is 18.4 Å². The van der Waals surface area contributed by atoms with E-state index in [1.807, 2.05) is 0 Å². The molecular formula is C18H18F2N2O3S. The number of carbonyl (C=O) groups excluding carboxylic acids is 1. The molecule has 0 radical (unpaired) electrons. The first-order valence-corrected chi connectivity index (χ1v) is 9.60. The molecule has 0 bridgehead atoms. The van der Waals surface area contributed by atoms with E-state index in [4.69, 9.17) is 0 Å². The second kappa shape index (κ2) is 7.13. The monoisotopic (exact) mass is 380 g/mol. The molecule has 1 N–H and O–H groups in total. The normalized spacial score (nSPS) is 15.2. The van der Waals surface area contributed by atoms with Gasteiger partial charge in [0.2, 0.25) is 10.0 Å². The predicted molar refractivity (Wildman–Crippen MR) is 93.5 cm³/mol. The van der Waals surface area contributed by atoms with Crippen LogP contribution in [0.4, 0.5) is 14.5 Å². The van der Waals surface area contributed by atoms with Crippen LogP contribution in [0.25, 0.3) is 0 Å². The van der Waals surface area contributed by atoms with E-state index in [0.29, 0.717) is 18.7 Å². The van der Waals surface area contributed by atoms with Gasteiger partial charge in [0.05, 0.1) is 4.90 Å². The third-order valence-electron chi connectivity index (χ3n) is 4.33. The van der Waals surface area contributed by atoms with Gasteiger partial charge in [-0.3, -0.25) is 4.79 Å². The molecular weight excluding hydrogens is 362 g/mol. The minimum Gasteiger partial charge on any atom is -0.322 e. The molecule has 2 aromatic carbocycles. The average molecular weight is 380 g/mol. The van der Waals surface area contributed by atoms with Gasteiger partial charge in [-0.2, -0.15) is 4.31 Å². The van der Waals surface area contributed by atoms with E-state index in [-0.39, 0.29) is 16.1 Å². The van der Waals surface area contributed by atoms with Crippen LogP contribution in [0, 0.1) is 18.6 Å². The molecule has 2 aromatic rings. The Balaban J connectivity index is 1.89. The van der Waals surface area contributed by atoms with Crippen molar-refractivity contribution < 1.29 is 22.0 Å². The van der Waals surface area contributed by atoms with E-state index in [2.05, 4.69) is 5.32 Å². The summed E-state index contributed by atoms with van der Waals surface area (Å²) in [6.07, 6.45) is 1.63. The van der Waals surface area contributed by atoms with Crippen LogP contribution >= 0.6 is 0 Å². The number of hydrogen-bond donors (Lipinski definition) is 1. The third kappa shape index (κ3) is 3.61. The second-order valence-electron chi connectivity index (χ2n) is 6.17. The highest BCUT2D eigenvalue weighted by molar-refractivity contribution is 7.89. The topological polar surface area (TPSA) is 66.5 Å². The van der Waals surface area contributed by atoms with E-state index < -0.39 is 27.6 Å². The molecule has 1 heterocycles. The average Bonchev–Trinajstić information content (AvgIpc) is 3.13. The molecule has 0 atom stereocenters. The van der Waals surface area contributed by atoms with Crippen LogP contribution in [-0.2, 0) is 10.0 Å². The standard InChI is InChI=1S/C18H18F2N2O3S/c1-12-4-6-14(26(24,25)22-8-2-3-9-22)11-15(12)18(23)21-13-5-7-16(19)17(20)10-13/h4-7,10-11H,2-3,8-9H2,1H3,(H,21,23). The van der Waals surface area contributed by atoms with Gasteiger partial charge in [-0.05, 0) is 49.6 Å². The van der Waals surface area contributed by atoms with Crippen molar-refractivity contribution in [3.05, 3.63) is 59.2 Å². The Morgan fingerprint density at radius 3 is 2.38 bits per heavy atom. The number of nitrogens with one attached hydrogen (secondary N) is 1. The lowest BCUT2D eigenvalue weighted by molar-refractivity contribution is 0.102. The maximum atomic E-state index is 13.3. The molecule has 3 rings (SSSR count). The van der Waals surface area contributed by atoms with Crippen LogP contribution < -0.4 is 5.32 Å². The summed E-state index contributed by atoms with van der Waals surface area (Å²) in [5.74, 6) is -2.69. The Labute approximate surface area is 150 Å². The Kier molecular flexibility index (Phi) is 5.06. The van der Waals surface area contributed by atoms with Crippen LogP contribution in [0.3, 0.4) is 0 Å². The van der Waals surface area contributed by atoms with Crippen molar-refractivity contribution >= 4 is 21.6 Å². The highest BCUT2D eigenvalue weighted by Crippen LogP contribution is 2.24. The Hall–Kier alpha value is -2.32. The van der Waals surface area contributed by atoms with Gasteiger partial charge in [0, 0.05) is 30.4 Å². The Morgan fingerprint density at radius 1 is 1.04 bits per heavy atom. The minimum absolute atomic E-state index is 0.0421. The molecule has 0 saturated carbocycles. The van der Waals surface area contributed by atoms with Crippen molar-refractivity contribution in [3.63, 3.8) is 0 Å². The SMILES string of the molecule is Cc1ccc(S(=O)(=O)N2CCCC2)cc1C(=O)Nc1ccc(F)c(F)c1. The molecule has 1 saturated heterocycles. The van der Waals surface area contributed by atoms with Crippen LogP contribution in [-0.4, -0.2) is 31.7 Å². The predicted octanol–water partition coefficient (Wildman–Crippen LogP) is 3.31. The van der Waals surface area contributed by atoms with Crippen LogP contribution in [0.15, 0.2) is 41.3 Å². The van der Waals surface area contributed by atoms with Crippen molar-refractivity contribution in [2.45, 2.75) is 24.7 Å². The fraction of sp³-hybridized carbons (Fsp3) is 0.278. The fourth-order valence-electron chi connectivity index (χ4n) is 2.86. The van der Waals surface area contributed by atoms with Gasteiger partial charge in [0.15, 0.2) is 11.6 Å². The molecule has 138 valence electrons. The number of amides is 1. The number of carbonyl (C=O) groups is 1. The van der Waals surface area contributed by atoms with E-state index in [1.165, 1.54) is 22.5 Å². The summed E-state index contributed by atoms with van der Waals surface area (Å²) in [4.78, 5) is 12.5. The van der Waals surface area contributed by atoms with E-state index >= 15 is 0 Å². The maximum Gasteiger partial charge on any atom is 0.255 e. The maximum absolute atomic E-state index is 13.3. The van der Waals surface area contributed by atoms with Crippen molar-refractivity contribution in [2.24, 2.45) is 0 Å². The second-order valence-corrected chi connectivity index (χ2v) is 8.11. The number of rotatable bonds is 4. The molecule has 1 fully saturated rings. The summed E-state index contributed by atoms with van der Waals surface area (Å²) in [7, 11) is -3.65. The zero-order chi connectivity index (χ0) is 18.9. The number of aryl methyl sites for hydroxylation is 1. The number of sulfonamides is 1.